The molecule has 0 nitrogen and oxygen atoms in total. The fourth-order valence-electron chi connectivity index (χ4n) is 5.64. The Bertz CT molecular complexity index is 1230. The minimum Gasteiger partial charge on any atom is -0.0720 e. The second-order valence-electron chi connectivity index (χ2n) is 8.54. The Morgan fingerprint density at radius 1 is 0.567 bits per heavy atom. The van der Waals surface area contributed by atoms with Crippen LogP contribution in [0.1, 0.15) is 58.1 Å². The van der Waals surface area contributed by atoms with Crippen LogP contribution >= 0.6 is 0 Å². The highest BCUT2D eigenvalue weighted by Gasteiger charge is 2.34. The third-order valence-electron chi connectivity index (χ3n) is 7.00. The van der Waals surface area contributed by atoms with Gasteiger partial charge in [-0.15, -0.1) is 0 Å². The van der Waals surface area contributed by atoms with Crippen LogP contribution in [-0.2, 0) is 0 Å². The lowest BCUT2D eigenvalue weighted by Crippen LogP contribution is -2.11. The lowest BCUT2D eigenvalue weighted by molar-refractivity contribution is 0.661. The first-order valence-electron chi connectivity index (χ1n) is 10.9. The molecule has 0 bridgehead atoms. The van der Waals surface area contributed by atoms with Gasteiger partial charge in [0.1, 0.15) is 0 Å². The summed E-state index contributed by atoms with van der Waals surface area (Å²) in [5.41, 5.74) is 11.4. The summed E-state index contributed by atoms with van der Waals surface area (Å²) in [4.78, 5) is 0. The van der Waals surface area contributed by atoms with E-state index < -0.39 is 0 Å². The van der Waals surface area contributed by atoms with Crippen molar-refractivity contribution in [1.29, 1.82) is 0 Å². The minimum absolute atomic E-state index is 0.340. The van der Waals surface area contributed by atoms with Gasteiger partial charge in [0.2, 0.25) is 0 Å². The molecule has 6 rings (SSSR count). The van der Waals surface area contributed by atoms with Crippen molar-refractivity contribution in [1.82, 2.24) is 0 Å². The molecular weight excluding hydrogens is 360 g/mol. The van der Waals surface area contributed by atoms with Gasteiger partial charge in [-0.05, 0) is 50.4 Å². The first kappa shape index (κ1) is 17.5. The molecule has 0 aliphatic heterocycles. The Morgan fingerprint density at radius 3 is 1.80 bits per heavy atom. The Kier molecular flexibility index (Phi) is 3.99. The lowest BCUT2D eigenvalue weighted by Gasteiger charge is -2.26. The maximum absolute atomic E-state index is 2.41. The van der Waals surface area contributed by atoms with Crippen LogP contribution in [0.15, 0.2) is 103 Å². The van der Waals surface area contributed by atoms with Gasteiger partial charge in [-0.3, -0.25) is 0 Å². The van der Waals surface area contributed by atoms with Gasteiger partial charge in [0.05, 0.1) is 0 Å². The Hall–Kier alpha value is -3.38. The van der Waals surface area contributed by atoms with Crippen molar-refractivity contribution in [2.24, 2.45) is 0 Å². The predicted octanol–water partition coefficient (Wildman–Crippen LogP) is 7.76. The maximum Gasteiger partial charge on any atom is 0.0281 e. The van der Waals surface area contributed by atoms with Gasteiger partial charge in [0.15, 0.2) is 0 Å². The van der Waals surface area contributed by atoms with E-state index in [0.29, 0.717) is 17.8 Å². The summed E-state index contributed by atoms with van der Waals surface area (Å²) < 4.78 is 0. The minimum atomic E-state index is 0.340. The van der Waals surface area contributed by atoms with Crippen LogP contribution in [0.2, 0.25) is 0 Å². The van der Waals surface area contributed by atoms with Crippen molar-refractivity contribution in [2.45, 2.75) is 24.7 Å². The van der Waals surface area contributed by atoms with E-state index in [1.165, 1.54) is 44.5 Å². The van der Waals surface area contributed by atoms with Crippen molar-refractivity contribution < 1.29 is 0 Å². The normalized spacial score (nSPS) is 17.4. The second-order valence-corrected chi connectivity index (χ2v) is 8.54. The molecule has 2 atom stereocenters. The van der Waals surface area contributed by atoms with Crippen LogP contribution < -0.4 is 0 Å². The molecule has 0 heteroatoms. The standard InChI is InChI=1S/C30H24/c1-20(30-28-16-8-6-14-25(28)26-15-7-9-17-29(26)30)22-11-4-5-13-24(22)27-19-18-21-10-2-3-12-23(21)27/h2-20,27,30H,1H3. The van der Waals surface area contributed by atoms with E-state index in [0.717, 1.165) is 0 Å². The molecule has 0 N–H and O–H groups in total. The molecule has 0 radical (unpaired) electrons. The van der Waals surface area contributed by atoms with Crippen LogP contribution in [0.4, 0.5) is 0 Å². The van der Waals surface area contributed by atoms with Gasteiger partial charge in [0, 0.05) is 11.8 Å². The molecule has 4 aromatic carbocycles. The van der Waals surface area contributed by atoms with E-state index in [4.69, 9.17) is 0 Å². The highest BCUT2D eigenvalue weighted by atomic mass is 14.4. The van der Waals surface area contributed by atoms with Crippen LogP contribution in [0, 0.1) is 0 Å². The smallest absolute Gasteiger partial charge is 0.0281 e. The lowest BCUT2D eigenvalue weighted by atomic mass is 9.77. The highest BCUT2D eigenvalue weighted by molar-refractivity contribution is 5.79. The molecule has 30 heavy (non-hydrogen) atoms. The fraction of sp³-hybridized carbons (Fsp3) is 0.133. The zero-order valence-electron chi connectivity index (χ0n) is 17.1. The Balaban J connectivity index is 1.49. The average molecular weight is 385 g/mol. The zero-order valence-corrected chi connectivity index (χ0v) is 17.1. The monoisotopic (exact) mass is 384 g/mol. The molecule has 0 fully saturated rings. The largest absolute Gasteiger partial charge is 0.0720 e. The molecule has 2 unspecified atom stereocenters. The average Bonchev–Trinajstić information content (AvgIpc) is 3.38. The van der Waals surface area contributed by atoms with Gasteiger partial charge in [-0.2, -0.15) is 0 Å². The number of hydrogen-bond donors (Lipinski definition) is 0. The van der Waals surface area contributed by atoms with E-state index in [1.54, 1.807) is 0 Å². The van der Waals surface area contributed by atoms with E-state index in [1.807, 2.05) is 0 Å². The van der Waals surface area contributed by atoms with E-state index >= 15 is 0 Å². The maximum atomic E-state index is 2.41. The summed E-state index contributed by atoms with van der Waals surface area (Å²) in [7, 11) is 0. The van der Waals surface area contributed by atoms with Crippen molar-refractivity contribution in [3.05, 3.63) is 137 Å². The predicted molar refractivity (Wildman–Crippen MR) is 126 cm³/mol. The van der Waals surface area contributed by atoms with Gasteiger partial charge in [0.25, 0.3) is 0 Å². The van der Waals surface area contributed by atoms with Crippen LogP contribution in [0.25, 0.3) is 17.2 Å². The van der Waals surface area contributed by atoms with Gasteiger partial charge < -0.3 is 0 Å². The topological polar surface area (TPSA) is 0 Å². The molecule has 0 spiro atoms. The van der Waals surface area contributed by atoms with Crippen molar-refractivity contribution in [3.63, 3.8) is 0 Å². The first-order chi connectivity index (χ1) is 14.8. The number of rotatable bonds is 3. The van der Waals surface area contributed by atoms with E-state index in [-0.39, 0.29) is 0 Å². The number of allylic oxidation sites excluding steroid dienone is 1. The summed E-state index contributed by atoms with van der Waals surface area (Å²) in [5.74, 6) is 1.12. The van der Waals surface area contributed by atoms with E-state index in [2.05, 4.69) is 116 Å². The number of benzene rings is 4. The molecule has 0 heterocycles. The fourth-order valence-corrected chi connectivity index (χ4v) is 5.64. The molecule has 2 aliphatic rings. The molecule has 144 valence electrons. The second kappa shape index (κ2) is 6.85. The summed E-state index contributed by atoms with van der Waals surface area (Å²) in [6.45, 7) is 2.41. The SMILES string of the molecule is CC(c1ccccc1C1C=Cc2ccccc21)C1c2ccccc2-c2ccccc21. The van der Waals surface area contributed by atoms with Crippen molar-refractivity contribution in [3.8, 4) is 11.1 Å². The molecule has 0 aromatic heterocycles. The summed E-state index contributed by atoms with van der Waals surface area (Å²) in [6, 6.07) is 35.8. The first-order valence-corrected chi connectivity index (χ1v) is 10.9. The summed E-state index contributed by atoms with van der Waals surface area (Å²) in [5, 5.41) is 0. The van der Waals surface area contributed by atoms with E-state index in [9.17, 15) is 0 Å². The summed E-state index contributed by atoms with van der Waals surface area (Å²) in [6.07, 6.45) is 4.65. The molecule has 0 saturated heterocycles. The van der Waals surface area contributed by atoms with Gasteiger partial charge in [-0.1, -0.05) is 116 Å². The highest BCUT2D eigenvalue weighted by Crippen LogP contribution is 2.52. The van der Waals surface area contributed by atoms with Crippen molar-refractivity contribution in [2.75, 3.05) is 0 Å². The summed E-state index contributed by atoms with van der Waals surface area (Å²) >= 11 is 0. The third kappa shape index (κ3) is 2.53. The van der Waals surface area contributed by atoms with Gasteiger partial charge >= 0.3 is 0 Å². The third-order valence-corrected chi connectivity index (χ3v) is 7.00. The van der Waals surface area contributed by atoms with Crippen LogP contribution in [0.3, 0.4) is 0 Å². The van der Waals surface area contributed by atoms with Gasteiger partial charge in [-0.25, -0.2) is 0 Å². The Morgan fingerprint density at radius 2 is 1.10 bits per heavy atom. The van der Waals surface area contributed by atoms with Crippen LogP contribution in [-0.4, -0.2) is 0 Å². The molecule has 0 saturated carbocycles. The molecular formula is C30H24. The molecule has 2 aliphatic carbocycles. The molecule has 0 amide bonds. The van der Waals surface area contributed by atoms with Crippen LogP contribution in [0.5, 0.6) is 0 Å². The number of fused-ring (bicyclic) bond motifs is 4. The zero-order chi connectivity index (χ0) is 20.1. The van der Waals surface area contributed by atoms with Crippen molar-refractivity contribution >= 4 is 6.08 Å². The Labute approximate surface area is 178 Å². The quantitative estimate of drug-likeness (QED) is 0.338. The number of hydrogen-bond acceptors (Lipinski definition) is 0. The molecule has 4 aromatic rings.